The summed E-state index contributed by atoms with van der Waals surface area (Å²) in [6.07, 6.45) is 1.05. The van der Waals surface area contributed by atoms with Gasteiger partial charge in [0.15, 0.2) is 0 Å². The fraction of sp³-hybridized carbons (Fsp3) is 0.480. The number of benzene rings is 2. The summed E-state index contributed by atoms with van der Waals surface area (Å²) in [6.45, 7) is 8.41. The highest BCUT2D eigenvalue weighted by Gasteiger charge is 2.24. The minimum Gasteiger partial charge on any atom is -0.444 e. The molecule has 0 unspecified atom stereocenters. The predicted molar refractivity (Wildman–Crippen MR) is 122 cm³/mol. The summed E-state index contributed by atoms with van der Waals surface area (Å²) in [6, 6.07) is 20.4. The Morgan fingerprint density at radius 1 is 1.03 bits per heavy atom. The number of hydrogen-bond acceptors (Lipinski definition) is 4. The molecule has 0 heterocycles. The number of ether oxygens (including phenoxy) is 1. The van der Waals surface area contributed by atoms with Crippen LogP contribution in [-0.4, -0.2) is 42.0 Å². The van der Waals surface area contributed by atoms with Crippen LogP contribution in [0.3, 0.4) is 0 Å². The van der Waals surface area contributed by atoms with Gasteiger partial charge in [0.2, 0.25) is 0 Å². The molecule has 3 atom stereocenters. The maximum absolute atomic E-state index is 12.3. The summed E-state index contributed by atoms with van der Waals surface area (Å²) in [5, 5.41) is 16.2. The second-order valence-electron chi connectivity index (χ2n) is 8.76. The van der Waals surface area contributed by atoms with Crippen LogP contribution in [0.15, 0.2) is 60.7 Å². The van der Waals surface area contributed by atoms with Gasteiger partial charge >= 0.3 is 6.09 Å². The van der Waals surface area contributed by atoms with E-state index in [1.165, 1.54) is 11.1 Å². The van der Waals surface area contributed by atoms with Crippen LogP contribution in [0, 0.1) is 0 Å². The smallest absolute Gasteiger partial charge is 0.407 e. The fourth-order valence-electron chi connectivity index (χ4n) is 3.45. The Kier molecular flexibility index (Phi) is 9.34. The molecular formula is C25H36N2O3. The second kappa shape index (κ2) is 11.7. The molecule has 0 aliphatic carbocycles. The molecule has 2 aromatic rings. The maximum atomic E-state index is 12.3. The maximum Gasteiger partial charge on any atom is 0.407 e. The first-order valence-electron chi connectivity index (χ1n) is 10.7. The molecule has 0 saturated carbocycles. The van der Waals surface area contributed by atoms with Crippen LogP contribution in [0.25, 0.3) is 0 Å². The molecule has 0 spiro atoms. The molecule has 0 bridgehead atoms. The van der Waals surface area contributed by atoms with Crippen LogP contribution in [0.2, 0.25) is 0 Å². The number of aliphatic hydroxyl groups excluding tert-OH is 1. The van der Waals surface area contributed by atoms with Crippen LogP contribution in [0.5, 0.6) is 0 Å². The third-order valence-electron chi connectivity index (χ3n) is 5.02. The normalized spacial score (nSPS) is 14.6. The third-order valence-corrected chi connectivity index (χ3v) is 5.02. The Morgan fingerprint density at radius 3 is 2.20 bits per heavy atom. The van der Waals surface area contributed by atoms with Gasteiger partial charge in [-0.1, -0.05) is 60.7 Å². The van der Waals surface area contributed by atoms with Gasteiger partial charge in [0, 0.05) is 25.2 Å². The van der Waals surface area contributed by atoms with E-state index in [9.17, 15) is 9.90 Å². The summed E-state index contributed by atoms with van der Waals surface area (Å²) in [4.78, 5) is 12.3. The average Bonchev–Trinajstić information content (AvgIpc) is 2.70. The van der Waals surface area contributed by atoms with E-state index >= 15 is 0 Å². The minimum atomic E-state index is -0.536. The molecule has 0 aromatic heterocycles. The first kappa shape index (κ1) is 23.9. The predicted octanol–water partition coefficient (Wildman–Crippen LogP) is 4.27. The van der Waals surface area contributed by atoms with Crippen molar-refractivity contribution in [1.29, 1.82) is 0 Å². The summed E-state index contributed by atoms with van der Waals surface area (Å²) in [7, 11) is 0. The summed E-state index contributed by atoms with van der Waals surface area (Å²) >= 11 is 0. The highest BCUT2D eigenvalue weighted by molar-refractivity contribution is 5.68. The van der Waals surface area contributed by atoms with Crippen LogP contribution >= 0.6 is 0 Å². The molecule has 0 radical (unpaired) electrons. The molecule has 0 saturated heterocycles. The van der Waals surface area contributed by atoms with Crippen molar-refractivity contribution >= 4 is 6.09 Å². The Balaban J connectivity index is 2.09. The van der Waals surface area contributed by atoms with Crippen LogP contribution < -0.4 is 10.6 Å². The van der Waals surface area contributed by atoms with Gasteiger partial charge in [0.25, 0.3) is 0 Å². The lowest BCUT2D eigenvalue weighted by Crippen LogP contribution is -2.51. The van der Waals surface area contributed by atoms with Gasteiger partial charge in [-0.05, 0) is 57.6 Å². The number of rotatable bonds is 10. The summed E-state index contributed by atoms with van der Waals surface area (Å²) in [5.74, 6) is 0.197. The molecule has 0 fully saturated rings. The molecule has 5 heteroatoms. The second-order valence-corrected chi connectivity index (χ2v) is 8.76. The van der Waals surface area contributed by atoms with E-state index in [1.807, 2.05) is 64.1 Å². The standard InChI is InChI=1S/C25H36N2O3/c1-19(27-24(29)30-25(2,3)4)23(17-20-11-7-5-8-12-20)26-18-22(15-16-28)21-13-9-6-10-14-21/h5-14,19,22-23,26,28H,15-18H2,1-4H3,(H,27,29)/t19-,22+,23-/m0/s1. The van der Waals surface area contributed by atoms with Crippen molar-refractivity contribution < 1.29 is 14.6 Å². The number of amides is 1. The monoisotopic (exact) mass is 412 g/mol. The Bertz CT molecular complexity index is 744. The van der Waals surface area contributed by atoms with E-state index in [4.69, 9.17) is 4.74 Å². The van der Waals surface area contributed by atoms with E-state index in [1.54, 1.807) is 0 Å². The van der Waals surface area contributed by atoms with Crippen molar-refractivity contribution in [3.8, 4) is 0 Å². The van der Waals surface area contributed by atoms with E-state index in [2.05, 4.69) is 34.9 Å². The van der Waals surface area contributed by atoms with Crippen molar-refractivity contribution in [2.45, 2.75) is 64.1 Å². The number of carbonyl (C=O) groups excluding carboxylic acids is 1. The highest BCUT2D eigenvalue weighted by atomic mass is 16.6. The highest BCUT2D eigenvalue weighted by Crippen LogP contribution is 2.19. The van der Waals surface area contributed by atoms with Crippen molar-refractivity contribution in [1.82, 2.24) is 10.6 Å². The van der Waals surface area contributed by atoms with Crippen LogP contribution in [0.1, 0.15) is 51.2 Å². The van der Waals surface area contributed by atoms with Gasteiger partial charge in [-0.3, -0.25) is 0 Å². The SMILES string of the molecule is C[C@H](NC(=O)OC(C)(C)C)[C@H](Cc1ccccc1)NC[C@@H](CCO)c1ccccc1. The first-order valence-corrected chi connectivity index (χ1v) is 10.7. The molecular weight excluding hydrogens is 376 g/mol. The third kappa shape index (κ3) is 8.56. The molecule has 0 aliphatic heterocycles. The lowest BCUT2D eigenvalue weighted by molar-refractivity contribution is 0.0497. The summed E-state index contributed by atoms with van der Waals surface area (Å²) < 4.78 is 5.43. The van der Waals surface area contributed by atoms with Crippen LogP contribution in [0.4, 0.5) is 4.79 Å². The molecule has 30 heavy (non-hydrogen) atoms. The van der Waals surface area contributed by atoms with E-state index in [0.29, 0.717) is 13.0 Å². The van der Waals surface area contributed by atoms with Crippen molar-refractivity contribution in [3.63, 3.8) is 0 Å². The molecule has 164 valence electrons. The lowest BCUT2D eigenvalue weighted by Gasteiger charge is -2.29. The lowest BCUT2D eigenvalue weighted by atomic mass is 9.94. The Morgan fingerprint density at radius 2 is 1.63 bits per heavy atom. The number of nitrogens with one attached hydrogen (secondary N) is 2. The zero-order valence-corrected chi connectivity index (χ0v) is 18.6. The first-order chi connectivity index (χ1) is 14.3. The topological polar surface area (TPSA) is 70.6 Å². The Hall–Kier alpha value is -2.37. The van der Waals surface area contributed by atoms with Gasteiger partial charge in [-0.15, -0.1) is 0 Å². The van der Waals surface area contributed by atoms with Crippen molar-refractivity contribution in [2.75, 3.05) is 13.2 Å². The molecule has 0 aliphatic rings. The van der Waals surface area contributed by atoms with Gasteiger partial charge in [-0.2, -0.15) is 0 Å². The zero-order chi connectivity index (χ0) is 22.0. The van der Waals surface area contributed by atoms with Gasteiger partial charge in [-0.25, -0.2) is 4.79 Å². The zero-order valence-electron chi connectivity index (χ0n) is 18.6. The van der Waals surface area contributed by atoms with Gasteiger partial charge in [0.1, 0.15) is 5.60 Å². The van der Waals surface area contributed by atoms with E-state index < -0.39 is 11.7 Å². The van der Waals surface area contributed by atoms with Crippen molar-refractivity contribution in [2.24, 2.45) is 0 Å². The Labute approximate surface area is 180 Å². The van der Waals surface area contributed by atoms with E-state index in [0.717, 1.165) is 6.42 Å². The van der Waals surface area contributed by atoms with E-state index in [-0.39, 0.29) is 24.6 Å². The summed E-state index contributed by atoms with van der Waals surface area (Å²) in [5.41, 5.74) is 1.86. The van der Waals surface area contributed by atoms with Gasteiger partial charge in [0.05, 0.1) is 0 Å². The van der Waals surface area contributed by atoms with Gasteiger partial charge < -0.3 is 20.5 Å². The number of aliphatic hydroxyl groups is 1. The fourth-order valence-corrected chi connectivity index (χ4v) is 3.45. The molecule has 3 N–H and O–H groups in total. The number of carbonyl (C=O) groups is 1. The van der Waals surface area contributed by atoms with Crippen molar-refractivity contribution in [3.05, 3.63) is 71.8 Å². The minimum absolute atomic E-state index is 0.0184. The quantitative estimate of drug-likeness (QED) is 0.545. The average molecular weight is 413 g/mol. The molecule has 5 nitrogen and oxygen atoms in total. The number of alkyl carbamates (subject to hydrolysis) is 1. The molecule has 1 amide bonds. The molecule has 2 aromatic carbocycles. The largest absolute Gasteiger partial charge is 0.444 e. The van der Waals surface area contributed by atoms with Crippen LogP contribution in [-0.2, 0) is 11.2 Å². The number of hydrogen-bond donors (Lipinski definition) is 3. The molecule has 2 rings (SSSR count).